The van der Waals surface area contributed by atoms with Crippen LogP contribution < -0.4 is 10.6 Å². The van der Waals surface area contributed by atoms with Crippen LogP contribution in [0.2, 0.25) is 0 Å². The molecule has 2 nitrogen and oxygen atoms in total. The van der Waals surface area contributed by atoms with Gasteiger partial charge in [-0.3, -0.25) is 0 Å². The quantitative estimate of drug-likeness (QED) is 0.813. The zero-order valence-electron chi connectivity index (χ0n) is 12.5. The Bertz CT molecular complexity index is 252. The van der Waals surface area contributed by atoms with E-state index in [0.717, 1.165) is 24.0 Å². The molecule has 2 N–H and O–H groups in total. The fraction of sp³-hybridized carbons (Fsp3) is 1.00. The van der Waals surface area contributed by atoms with Crippen molar-refractivity contribution in [2.24, 2.45) is 5.92 Å². The van der Waals surface area contributed by atoms with Crippen LogP contribution in [0.4, 0.5) is 0 Å². The molecule has 1 aliphatic heterocycles. The van der Waals surface area contributed by atoms with Crippen molar-refractivity contribution in [3.8, 4) is 0 Å². The average molecular weight is 264 g/mol. The molecule has 3 atom stereocenters. The molecule has 19 heavy (non-hydrogen) atoms. The molecule has 3 rings (SSSR count). The maximum Gasteiger partial charge on any atom is 0.0113 e. The molecule has 0 spiro atoms. The number of nitrogens with one attached hydrogen (secondary N) is 2. The Labute approximate surface area is 119 Å². The predicted molar refractivity (Wildman–Crippen MR) is 81.4 cm³/mol. The second-order valence-electron chi connectivity index (χ2n) is 7.11. The number of hydrogen-bond donors (Lipinski definition) is 2. The van der Waals surface area contributed by atoms with Gasteiger partial charge < -0.3 is 10.6 Å². The Balaban J connectivity index is 1.51. The van der Waals surface area contributed by atoms with Crippen molar-refractivity contribution in [2.75, 3.05) is 6.54 Å². The van der Waals surface area contributed by atoms with Gasteiger partial charge in [-0.15, -0.1) is 0 Å². The molecular weight excluding hydrogens is 232 g/mol. The molecule has 3 fully saturated rings. The summed E-state index contributed by atoms with van der Waals surface area (Å²) in [6, 6.07) is 2.47. The standard InChI is InChI=1S/C17H32N2/c1-2-4-8-14(9-5-3-1)19-17-11-6-10-15(17)16-12-7-13-18-16/h14-19H,1-13H2. The van der Waals surface area contributed by atoms with Crippen molar-refractivity contribution in [3.63, 3.8) is 0 Å². The highest BCUT2D eigenvalue weighted by molar-refractivity contribution is 4.94. The lowest BCUT2D eigenvalue weighted by Gasteiger charge is -2.31. The molecule has 0 amide bonds. The first-order valence-corrected chi connectivity index (χ1v) is 8.93. The third-order valence-electron chi connectivity index (χ3n) is 5.74. The highest BCUT2D eigenvalue weighted by atomic mass is 15.0. The zero-order chi connectivity index (χ0) is 12.9. The molecule has 0 bridgehead atoms. The SMILES string of the molecule is C1CCCC(NC2CCCC2C2CCCN2)CCC1. The van der Waals surface area contributed by atoms with Crippen molar-refractivity contribution >= 4 is 0 Å². The smallest absolute Gasteiger partial charge is 0.0113 e. The van der Waals surface area contributed by atoms with Crippen LogP contribution in [0.5, 0.6) is 0 Å². The summed E-state index contributed by atoms with van der Waals surface area (Å²) in [6.45, 7) is 1.26. The summed E-state index contributed by atoms with van der Waals surface area (Å²) in [7, 11) is 0. The van der Waals surface area contributed by atoms with E-state index in [1.165, 1.54) is 83.6 Å². The van der Waals surface area contributed by atoms with Gasteiger partial charge in [-0.2, -0.15) is 0 Å². The van der Waals surface area contributed by atoms with E-state index in [2.05, 4.69) is 10.6 Å². The van der Waals surface area contributed by atoms with Gasteiger partial charge in [-0.05, 0) is 51.0 Å². The lowest BCUT2D eigenvalue weighted by atomic mass is 9.90. The van der Waals surface area contributed by atoms with Gasteiger partial charge in [0.25, 0.3) is 0 Å². The third kappa shape index (κ3) is 3.72. The Morgan fingerprint density at radius 2 is 1.47 bits per heavy atom. The minimum atomic E-state index is 0.819. The van der Waals surface area contributed by atoms with Crippen LogP contribution in [0, 0.1) is 5.92 Å². The highest BCUT2D eigenvalue weighted by Crippen LogP contribution is 2.33. The fourth-order valence-corrected chi connectivity index (χ4v) is 4.68. The lowest BCUT2D eigenvalue weighted by molar-refractivity contribution is 0.275. The molecule has 1 heterocycles. The second kappa shape index (κ2) is 7.08. The highest BCUT2D eigenvalue weighted by Gasteiger charge is 2.35. The molecule has 110 valence electrons. The van der Waals surface area contributed by atoms with Gasteiger partial charge in [0.15, 0.2) is 0 Å². The van der Waals surface area contributed by atoms with E-state index in [0.29, 0.717) is 0 Å². The van der Waals surface area contributed by atoms with Crippen LogP contribution in [-0.2, 0) is 0 Å². The van der Waals surface area contributed by atoms with Gasteiger partial charge in [0, 0.05) is 18.1 Å². The van der Waals surface area contributed by atoms with Crippen molar-refractivity contribution in [2.45, 2.75) is 95.2 Å². The molecule has 2 aliphatic carbocycles. The van der Waals surface area contributed by atoms with Crippen molar-refractivity contribution in [1.29, 1.82) is 0 Å². The van der Waals surface area contributed by atoms with Gasteiger partial charge in [0.2, 0.25) is 0 Å². The molecule has 3 unspecified atom stereocenters. The third-order valence-corrected chi connectivity index (χ3v) is 5.74. The van der Waals surface area contributed by atoms with Crippen LogP contribution in [-0.4, -0.2) is 24.7 Å². The molecule has 0 aromatic carbocycles. The summed E-state index contributed by atoms with van der Waals surface area (Å²) in [4.78, 5) is 0. The fourth-order valence-electron chi connectivity index (χ4n) is 4.68. The molecule has 3 aliphatic rings. The lowest BCUT2D eigenvalue weighted by Crippen LogP contribution is -2.46. The normalized spacial score (nSPS) is 38.2. The maximum atomic E-state index is 4.07. The predicted octanol–water partition coefficient (Wildman–Crippen LogP) is 3.61. The van der Waals surface area contributed by atoms with Gasteiger partial charge in [-0.1, -0.05) is 38.5 Å². The van der Waals surface area contributed by atoms with Gasteiger partial charge >= 0.3 is 0 Å². The van der Waals surface area contributed by atoms with Crippen LogP contribution in [0.25, 0.3) is 0 Å². The van der Waals surface area contributed by atoms with Gasteiger partial charge in [0.05, 0.1) is 0 Å². The second-order valence-corrected chi connectivity index (χ2v) is 7.11. The summed E-state index contributed by atoms with van der Waals surface area (Å²) < 4.78 is 0. The Morgan fingerprint density at radius 1 is 0.684 bits per heavy atom. The molecule has 0 aromatic rings. The van der Waals surface area contributed by atoms with E-state index in [4.69, 9.17) is 0 Å². The summed E-state index contributed by atoms with van der Waals surface area (Å²) in [5.74, 6) is 0.924. The van der Waals surface area contributed by atoms with E-state index < -0.39 is 0 Å². The van der Waals surface area contributed by atoms with Crippen molar-refractivity contribution < 1.29 is 0 Å². The van der Waals surface area contributed by atoms with E-state index in [1.54, 1.807) is 0 Å². The van der Waals surface area contributed by atoms with Crippen LogP contribution in [0.15, 0.2) is 0 Å². The summed E-state index contributed by atoms with van der Waals surface area (Å²) in [6.07, 6.45) is 17.4. The first kappa shape index (κ1) is 13.9. The van der Waals surface area contributed by atoms with Crippen molar-refractivity contribution in [3.05, 3.63) is 0 Å². The maximum absolute atomic E-state index is 4.07. The van der Waals surface area contributed by atoms with Crippen molar-refractivity contribution in [1.82, 2.24) is 10.6 Å². The molecule has 1 saturated heterocycles. The minimum Gasteiger partial charge on any atom is -0.314 e. The Kier molecular flexibility index (Phi) is 5.17. The number of rotatable bonds is 3. The molecule has 2 saturated carbocycles. The first-order chi connectivity index (χ1) is 9.43. The van der Waals surface area contributed by atoms with E-state index >= 15 is 0 Å². The van der Waals surface area contributed by atoms with Crippen LogP contribution >= 0.6 is 0 Å². The van der Waals surface area contributed by atoms with E-state index in [-0.39, 0.29) is 0 Å². The topological polar surface area (TPSA) is 24.1 Å². The largest absolute Gasteiger partial charge is 0.314 e. The van der Waals surface area contributed by atoms with E-state index in [1.807, 2.05) is 0 Å². The molecule has 0 radical (unpaired) electrons. The molecule has 2 heteroatoms. The van der Waals surface area contributed by atoms with Crippen LogP contribution in [0.1, 0.15) is 77.0 Å². The molecule has 0 aromatic heterocycles. The minimum absolute atomic E-state index is 0.819. The van der Waals surface area contributed by atoms with Gasteiger partial charge in [0.1, 0.15) is 0 Å². The van der Waals surface area contributed by atoms with Gasteiger partial charge in [-0.25, -0.2) is 0 Å². The Hall–Kier alpha value is -0.0800. The molecular formula is C17H32N2. The van der Waals surface area contributed by atoms with Crippen LogP contribution in [0.3, 0.4) is 0 Å². The summed E-state index contributed by atoms with van der Waals surface area (Å²) in [5, 5.41) is 7.82. The number of hydrogen-bond acceptors (Lipinski definition) is 2. The average Bonchev–Trinajstić information content (AvgIpc) is 3.02. The van der Waals surface area contributed by atoms with E-state index in [9.17, 15) is 0 Å². The first-order valence-electron chi connectivity index (χ1n) is 8.93. The summed E-state index contributed by atoms with van der Waals surface area (Å²) >= 11 is 0. The summed E-state index contributed by atoms with van der Waals surface area (Å²) in [5.41, 5.74) is 0. The zero-order valence-corrected chi connectivity index (χ0v) is 12.5. The Morgan fingerprint density at radius 3 is 2.21 bits per heavy atom. The monoisotopic (exact) mass is 264 g/mol.